The fourth-order valence-corrected chi connectivity index (χ4v) is 2.94. The lowest BCUT2D eigenvalue weighted by molar-refractivity contribution is 0.102. The van der Waals surface area contributed by atoms with Crippen molar-refractivity contribution < 1.29 is 4.79 Å². The lowest BCUT2D eigenvalue weighted by atomic mass is 9.80. The number of aromatic nitrogens is 2. The molecule has 2 heterocycles. The van der Waals surface area contributed by atoms with Gasteiger partial charge in [0.25, 0.3) is 5.91 Å². The Morgan fingerprint density at radius 1 is 1.19 bits per heavy atom. The summed E-state index contributed by atoms with van der Waals surface area (Å²) in [5.74, 6) is 0.338. The smallest absolute Gasteiger partial charge is 0.256 e. The SMILES string of the molecule is Cc1ccc2nc(NC(=O)c3ccc(C(C)(C)CCC#N)cc3)cn2c1. The van der Waals surface area contributed by atoms with Gasteiger partial charge in [0.15, 0.2) is 5.82 Å². The molecule has 0 aliphatic carbocycles. The van der Waals surface area contributed by atoms with Crippen LogP contribution in [0.2, 0.25) is 0 Å². The highest BCUT2D eigenvalue weighted by Crippen LogP contribution is 2.28. The van der Waals surface area contributed by atoms with Crippen molar-refractivity contribution in [2.24, 2.45) is 0 Å². The number of nitrogens with one attached hydrogen (secondary N) is 1. The highest BCUT2D eigenvalue weighted by molar-refractivity contribution is 6.03. The van der Waals surface area contributed by atoms with Gasteiger partial charge in [-0.1, -0.05) is 32.0 Å². The highest BCUT2D eigenvalue weighted by Gasteiger charge is 2.20. The Morgan fingerprint density at radius 2 is 1.92 bits per heavy atom. The molecule has 0 radical (unpaired) electrons. The maximum Gasteiger partial charge on any atom is 0.256 e. The van der Waals surface area contributed by atoms with Crippen molar-refractivity contribution in [3.63, 3.8) is 0 Å². The minimum Gasteiger partial charge on any atom is -0.305 e. The molecule has 0 atom stereocenters. The Balaban J connectivity index is 1.74. The van der Waals surface area contributed by atoms with E-state index in [1.807, 2.05) is 53.9 Å². The third-order valence-corrected chi connectivity index (χ3v) is 4.63. The monoisotopic (exact) mass is 346 g/mol. The molecule has 1 aromatic carbocycles. The summed E-state index contributed by atoms with van der Waals surface area (Å²) in [5, 5.41) is 11.6. The molecule has 0 fully saturated rings. The lowest BCUT2D eigenvalue weighted by Crippen LogP contribution is -2.17. The van der Waals surface area contributed by atoms with Gasteiger partial charge in [-0.2, -0.15) is 5.26 Å². The van der Waals surface area contributed by atoms with Gasteiger partial charge in [0.05, 0.1) is 12.3 Å². The molecule has 0 aliphatic heterocycles. The number of aryl methyl sites for hydroxylation is 1. The average Bonchev–Trinajstić information content (AvgIpc) is 3.01. The Hall–Kier alpha value is -3.13. The van der Waals surface area contributed by atoms with Crippen LogP contribution in [0.4, 0.5) is 5.82 Å². The molecule has 0 bridgehead atoms. The summed E-state index contributed by atoms with van der Waals surface area (Å²) in [6.07, 6.45) is 5.08. The molecule has 132 valence electrons. The predicted molar refractivity (Wildman–Crippen MR) is 102 cm³/mol. The van der Waals surface area contributed by atoms with Crippen LogP contribution in [0.5, 0.6) is 0 Å². The van der Waals surface area contributed by atoms with Gasteiger partial charge in [0, 0.05) is 18.2 Å². The maximum absolute atomic E-state index is 12.5. The van der Waals surface area contributed by atoms with E-state index in [0.29, 0.717) is 17.8 Å². The molecule has 5 heteroatoms. The number of nitriles is 1. The molecule has 3 aromatic rings. The van der Waals surface area contributed by atoms with E-state index in [9.17, 15) is 4.79 Å². The van der Waals surface area contributed by atoms with Crippen molar-refractivity contribution in [2.75, 3.05) is 5.32 Å². The van der Waals surface area contributed by atoms with Gasteiger partial charge in [0.1, 0.15) is 5.65 Å². The van der Waals surface area contributed by atoms with Crippen LogP contribution in [0.25, 0.3) is 5.65 Å². The van der Waals surface area contributed by atoms with E-state index < -0.39 is 0 Å². The molecule has 0 unspecified atom stereocenters. The second-order valence-corrected chi connectivity index (χ2v) is 7.17. The van der Waals surface area contributed by atoms with Crippen molar-refractivity contribution in [3.8, 4) is 6.07 Å². The van der Waals surface area contributed by atoms with Crippen molar-refractivity contribution in [3.05, 3.63) is 65.5 Å². The van der Waals surface area contributed by atoms with Crippen molar-refractivity contribution in [2.45, 2.75) is 39.0 Å². The second kappa shape index (κ2) is 7.01. The fourth-order valence-electron chi connectivity index (χ4n) is 2.94. The van der Waals surface area contributed by atoms with Crippen LogP contribution in [0.15, 0.2) is 48.8 Å². The molecular weight excluding hydrogens is 324 g/mol. The first kappa shape index (κ1) is 17.7. The lowest BCUT2D eigenvalue weighted by Gasteiger charge is -2.24. The molecule has 0 aliphatic rings. The Morgan fingerprint density at radius 3 is 2.62 bits per heavy atom. The Labute approximate surface area is 153 Å². The first-order valence-corrected chi connectivity index (χ1v) is 8.63. The summed E-state index contributed by atoms with van der Waals surface area (Å²) < 4.78 is 1.89. The van der Waals surface area contributed by atoms with Gasteiger partial charge in [0.2, 0.25) is 0 Å². The van der Waals surface area contributed by atoms with Crippen molar-refractivity contribution in [1.29, 1.82) is 5.26 Å². The number of anilines is 1. The molecule has 5 nitrogen and oxygen atoms in total. The molecule has 0 spiro atoms. The van der Waals surface area contributed by atoms with E-state index >= 15 is 0 Å². The summed E-state index contributed by atoms with van der Waals surface area (Å²) in [6, 6.07) is 13.7. The van der Waals surface area contributed by atoms with E-state index in [1.165, 1.54) is 0 Å². The van der Waals surface area contributed by atoms with Gasteiger partial charge in [-0.25, -0.2) is 4.98 Å². The fraction of sp³-hybridized carbons (Fsp3) is 0.286. The summed E-state index contributed by atoms with van der Waals surface area (Å²) in [7, 11) is 0. The van der Waals surface area contributed by atoms with E-state index in [-0.39, 0.29) is 11.3 Å². The van der Waals surface area contributed by atoms with Crippen LogP contribution in [-0.2, 0) is 5.41 Å². The summed E-state index contributed by atoms with van der Waals surface area (Å²) in [5.41, 5.74) is 3.53. The number of pyridine rings is 1. The largest absolute Gasteiger partial charge is 0.305 e. The topological polar surface area (TPSA) is 70.2 Å². The molecule has 0 saturated heterocycles. The van der Waals surface area contributed by atoms with Gasteiger partial charge in [-0.15, -0.1) is 0 Å². The number of fused-ring (bicyclic) bond motifs is 1. The second-order valence-electron chi connectivity index (χ2n) is 7.17. The predicted octanol–water partition coefficient (Wildman–Crippen LogP) is 4.48. The molecule has 1 N–H and O–H groups in total. The Kier molecular flexibility index (Phi) is 4.77. The third-order valence-electron chi connectivity index (χ3n) is 4.63. The number of rotatable bonds is 5. The summed E-state index contributed by atoms with van der Waals surface area (Å²) >= 11 is 0. The number of imidazole rings is 1. The first-order valence-electron chi connectivity index (χ1n) is 8.63. The van der Waals surface area contributed by atoms with Crippen LogP contribution in [0, 0.1) is 18.3 Å². The first-order chi connectivity index (χ1) is 12.4. The third kappa shape index (κ3) is 3.75. The van der Waals surface area contributed by atoms with E-state index in [4.69, 9.17) is 5.26 Å². The molecule has 1 amide bonds. The highest BCUT2D eigenvalue weighted by atomic mass is 16.1. The van der Waals surface area contributed by atoms with Gasteiger partial charge in [-0.3, -0.25) is 4.79 Å². The number of carbonyl (C=O) groups excluding carboxylic acids is 1. The van der Waals surface area contributed by atoms with E-state index in [0.717, 1.165) is 23.2 Å². The Bertz CT molecular complexity index is 977. The van der Waals surface area contributed by atoms with Crippen LogP contribution in [0.3, 0.4) is 0 Å². The van der Waals surface area contributed by atoms with Crippen LogP contribution in [-0.4, -0.2) is 15.3 Å². The molecule has 0 saturated carbocycles. The van der Waals surface area contributed by atoms with E-state index in [1.54, 1.807) is 6.20 Å². The zero-order chi connectivity index (χ0) is 18.7. The number of benzene rings is 1. The zero-order valence-electron chi connectivity index (χ0n) is 15.3. The molecule has 2 aromatic heterocycles. The standard InChI is InChI=1S/C21H22N4O/c1-15-5-10-19-23-18(14-25(19)13-15)24-20(26)16-6-8-17(9-7-16)21(2,3)11-4-12-22/h5-10,13-14H,4,11H2,1-3H3,(H,24,26). The zero-order valence-corrected chi connectivity index (χ0v) is 15.3. The molecular formula is C21H22N4O. The van der Waals surface area contributed by atoms with Crippen molar-refractivity contribution >= 4 is 17.4 Å². The number of hydrogen-bond donors (Lipinski definition) is 1. The van der Waals surface area contributed by atoms with Gasteiger partial charge < -0.3 is 9.72 Å². The quantitative estimate of drug-likeness (QED) is 0.740. The number of amides is 1. The normalized spacial score (nSPS) is 11.3. The van der Waals surface area contributed by atoms with Gasteiger partial charge >= 0.3 is 0 Å². The van der Waals surface area contributed by atoms with Crippen LogP contribution >= 0.6 is 0 Å². The van der Waals surface area contributed by atoms with Crippen molar-refractivity contribution in [1.82, 2.24) is 9.38 Å². The molecule has 26 heavy (non-hydrogen) atoms. The number of nitrogens with zero attached hydrogens (tertiary/aromatic N) is 3. The average molecular weight is 346 g/mol. The van der Waals surface area contributed by atoms with E-state index in [2.05, 4.69) is 30.2 Å². The van der Waals surface area contributed by atoms with Gasteiger partial charge in [-0.05, 0) is 48.1 Å². The number of carbonyl (C=O) groups is 1. The van der Waals surface area contributed by atoms with Crippen LogP contribution < -0.4 is 5.32 Å². The number of hydrogen-bond acceptors (Lipinski definition) is 3. The minimum atomic E-state index is -0.188. The van der Waals surface area contributed by atoms with Crippen LogP contribution in [0.1, 0.15) is 48.2 Å². The summed E-state index contributed by atoms with van der Waals surface area (Å²) in [4.78, 5) is 16.9. The maximum atomic E-state index is 12.5. The summed E-state index contributed by atoms with van der Waals surface area (Å²) in [6.45, 7) is 6.23. The molecule has 3 rings (SSSR count). The minimum absolute atomic E-state index is 0.0931.